The van der Waals surface area contributed by atoms with Crippen LogP contribution in [0.1, 0.15) is 76.5 Å². The third-order valence-electron chi connectivity index (χ3n) is 8.39. The predicted molar refractivity (Wildman–Crippen MR) is 148 cm³/mol. The number of thiophene rings is 1. The molecule has 3 heterocycles. The van der Waals surface area contributed by atoms with Gasteiger partial charge in [-0.05, 0) is 72.1 Å². The van der Waals surface area contributed by atoms with Crippen LogP contribution in [0.2, 0.25) is 0 Å². The lowest BCUT2D eigenvalue weighted by Crippen LogP contribution is -2.38. The largest absolute Gasteiger partial charge is 0.493 e. The van der Waals surface area contributed by atoms with E-state index in [1.54, 1.807) is 41.7 Å². The Kier molecular flexibility index (Phi) is 6.41. The van der Waals surface area contributed by atoms with Crippen molar-refractivity contribution >= 4 is 28.2 Å². The maximum Gasteiger partial charge on any atom is 0.343 e. The van der Waals surface area contributed by atoms with Crippen LogP contribution in [0, 0.1) is 11.3 Å². The summed E-state index contributed by atoms with van der Waals surface area (Å²) in [6, 6.07) is 10.2. The molecule has 0 radical (unpaired) electrons. The number of benzene rings is 2. The summed E-state index contributed by atoms with van der Waals surface area (Å²) in [5.41, 5.74) is 3.41. The molecule has 1 amide bonds. The molecule has 1 aromatic heterocycles. The van der Waals surface area contributed by atoms with E-state index in [4.69, 9.17) is 18.9 Å². The van der Waals surface area contributed by atoms with Gasteiger partial charge < -0.3 is 29.6 Å². The first-order chi connectivity index (χ1) is 18.8. The van der Waals surface area contributed by atoms with Crippen LogP contribution in [0.4, 0.5) is 5.00 Å². The molecule has 3 aromatic rings. The number of esters is 1. The van der Waals surface area contributed by atoms with E-state index in [9.17, 15) is 9.59 Å². The van der Waals surface area contributed by atoms with Crippen LogP contribution < -0.4 is 29.6 Å². The minimum absolute atomic E-state index is 0.0586. The number of methoxy groups -OCH3 is 1. The zero-order valence-electron chi connectivity index (χ0n) is 22.5. The van der Waals surface area contributed by atoms with E-state index in [-0.39, 0.29) is 23.9 Å². The fourth-order valence-electron chi connectivity index (χ4n) is 5.55. The minimum Gasteiger partial charge on any atom is -0.493 e. The normalized spacial score (nSPS) is 19.4. The van der Waals surface area contributed by atoms with Gasteiger partial charge in [0.2, 0.25) is 6.79 Å². The van der Waals surface area contributed by atoms with E-state index in [1.165, 1.54) is 17.6 Å². The third-order valence-corrected chi connectivity index (χ3v) is 9.58. The molecular formula is C30H32N2O6S. The number of fused-ring (bicyclic) bond motifs is 4. The molecule has 0 saturated heterocycles. The monoisotopic (exact) mass is 548 g/mol. The van der Waals surface area contributed by atoms with Crippen LogP contribution in [-0.4, -0.2) is 25.8 Å². The molecule has 2 aromatic carbocycles. The fraction of sp³-hybridized carbons (Fsp3) is 0.400. The van der Waals surface area contributed by atoms with Gasteiger partial charge in [0.05, 0.1) is 18.2 Å². The van der Waals surface area contributed by atoms with E-state index >= 15 is 0 Å². The lowest BCUT2D eigenvalue weighted by Gasteiger charge is -2.36. The van der Waals surface area contributed by atoms with Gasteiger partial charge in [-0.25, -0.2) is 4.79 Å². The second kappa shape index (κ2) is 9.79. The summed E-state index contributed by atoms with van der Waals surface area (Å²) >= 11 is 1.71. The van der Waals surface area contributed by atoms with Crippen molar-refractivity contribution in [1.29, 1.82) is 0 Å². The number of nitrogens with one attached hydrogen (secondary N) is 2. The Balaban J connectivity index is 1.21. The van der Waals surface area contributed by atoms with Gasteiger partial charge in [0.15, 0.2) is 23.0 Å². The zero-order chi connectivity index (χ0) is 27.3. The molecule has 0 fully saturated rings. The SMILES string of the molecule is CCC(C)(C)[C@H]1CCc2c(sc3c2C(=O)N[C@@H](c2ccc(OC(=O)c4ccc5c(c4)OCO5)c(OC)c2)N3)C1. The molecule has 2 atom stereocenters. The maximum atomic E-state index is 13.3. The number of hydrogen-bond acceptors (Lipinski definition) is 8. The van der Waals surface area contributed by atoms with Crippen molar-refractivity contribution in [3.63, 3.8) is 0 Å². The average molecular weight is 549 g/mol. The number of carbonyl (C=O) groups is 2. The van der Waals surface area contributed by atoms with Crippen LogP contribution >= 0.6 is 11.3 Å². The zero-order valence-corrected chi connectivity index (χ0v) is 23.3. The summed E-state index contributed by atoms with van der Waals surface area (Å²) < 4.78 is 21.8. The maximum absolute atomic E-state index is 13.3. The molecule has 39 heavy (non-hydrogen) atoms. The third kappa shape index (κ3) is 4.58. The first-order valence-corrected chi connectivity index (χ1v) is 14.1. The molecule has 0 unspecified atom stereocenters. The second-order valence-electron chi connectivity index (χ2n) is 10.9. The molecular weight excluding hydrogens is 516 g/mol. The van der Waals surface area contributed by atoms with Crippen LogP contribution in [-0.2, 0) is 12.8 Å². The van der Waals surface area contributed by atoms with Crippen LogP contribution in [0.3, 0.4) is 0 Å². The highest BCUT2D eigenvalue weighted by Crippen LogP contribution is 2.47. The first-order valence-electron chi connectivity index (χ1n) is 13.3. The van der Waals surface area contributed by atoms with Crippen molar-refractivity contribution in [3.05, 3.63) is 63.5 Å². The van der Waals surface area contributed by atoms with Gasteiger partial charge in [-0.2, -0.15) is 0 Å². The van der Waals surface area contributed by atoms with Gasteiger partial charge in [-0.1, -0.05) is 33.3 Å². The Bertz CT molecular complexity index is 1460. The Morgan fingerprint density at radius 3 is 2.72 bits per heavy atom. The van der Waals surface area contributed by atoms with Gasteiger partial charge in [-0.15, -0.1) is 11.3 Å². The van der Waals surface area contributed by atoms with Gasteiger partial charge in [0, 0.05) is 4.88 Å². The summed E-state index contributed by atoms with van der Waals surface area (Å²) in [5, 5.41) is 7.55. The molecule has 204 valence electrons. The minimum atomic E-state index is -0.540. The lowest BCUT2D eigenvalue weighted by molar-refractivity contribution is 0.0729. The van der Waals surface area contributed by atoms with Gasteiger partial charge in [0.1, 0.15) is 11.2 Å². The second-order valence-corrected chi connectivity index (χ2v) is 12.0. The predicted octanol–water partition coefficient (Wildman–Crippen LogP) is 6.10. The van der Waals surface area contributed by atoms with E-state index in [0.717, 1.165) is 41.8 Å². The summed E-state index contributed by atoms with van der Waals surface area (Å²) in [7, 11) is 1.52. The summed E-state index contributed by atoms with van der Waals surface area (Å²) in [5.74, 6) is 1.78. The van der Waals surface area contributed by atoms with Crippen molar-refractivity contribution in [1.82, 2.24) is 5.32 Å². The smallest absolute Gasteiger partial charge is 0.343 e. The standard InChI is InChI=1S/C30H32N2O6S/c1-5-30(2,3)18-8-9-19-24(14-18)39-28-25(19)27(33)31-26(32-28)16-6-11-21(22(12-16)35-4)38-29(34)17-7-10-20-23(13-17)37-15-36-20/h6-7,10-13,18,26,32H,5,8-9,14-15H2,1-4H3,(H,31,33)/t18-,26+/m0/s1. The van der Waals surface area contributed by atoms with Gasteiger partial charge in [-0.3, -0.25) is 4.79 Å². The topological polar surface area (TPSA) is 95.1 Å². The van der Waals surface area contributed by atoms with Crippen molar-refractivity contribution in [3.8, 4) is 23.0 Å². The van der Waals surface area contributed by atoms with E-state index in [1.807, 2.05) is 6.07 Å². The molecule has 2 aliphatic heterocycles. The Morgan fingerprint density at radius 1 is 1.10 bits per heavy atom. The Hall–Kier alpha value is -3.72. The highest BCUT2D eigenvalue weighted by atomic mass is 32.1. The molecule has 1 aliphatic carbocycles. The van der Waals surface area contributed by atoms with Crippen LogP contribution in [0.25, 0.3) is 0 Å². The summed E-state index contributed by atoms with van der Waals surface area (Å²) in [6.45, 7) is 7.08. The molecule has 9 heteroatoms. The van der Waals surface area contributed by atoms with Crippen molar-refractivity contribution in [2.24, 2.45) is 11.3 Å². The highest BCUT2D eigenvalue weighted by Gasteiger charge is 2.37. The number of rotatable bonds is 6. The number of amides is 1. The van der Waals surface area contributed by atoms with Gasteiger partial charge >= 0.3 is 5.97 Å². The summed E-state index contributed by atoms with van der Waals surface area (Å²) in [6.07, 6.45) is 3.78. The van der Waals surface area contributed by atoms with Crippen molar-refractivity contribution in [2.45, 2.75) is 52.6 Å². The average Bonchev–Trinajstić information content (AvgIpc) is 3.56. The van der Waals surface area contributed by atoms with Gasteiger partial charge in [0.25, 0.3) is 5.91 Å². The molecule has 0 saturated carbocycles. The van der Waals surface area contributed by atoms with E-state index in [2.05, 4.69) is 31.4 Å². The number of ether oxygens (including phenoxy) is 4. The van der Waals surface area contributed by atoms with Crippen LogP contribution in [0.15, 0.2) is 36.4 Å². The number of anilines is 1. The quantitative estimate of drug-likeness (QED) is 0.284. The fourth-order valence-corrected chi connectivity index (χ4v) is 6.90. The highest BCUT2D eigenvalue weighted by molar-refractivity contribution is 7.16. The molecule has 2 N–H and O–H groups in total. The molecule has 3 aliphatic rings. The van der Waals surface area contributed by atoms with Crippen molar-refractivity contribution in [2.75, 3.05) is 19.2 Å². The Morgan fingerprint density at radius 2 is 1.92 bits per heavy atom. The Labute approximate surface area is 231 Å². The lowest BCUT2D eigenvalue weighted by atomic mass is 9.69. The first kappa shape index (κ1) is 25.6. The van der Waals surface area contributed by atoms with Crippen molar-refractivity contribution < 1.29 is 28.5 Å². The molecule has 6 rings (SSSR count). The molecule has 0 bridgehead atoms. The summed E-state index contributed by atoms with van der Waals surface area (Å²) in [4.78, 5) is 27.4. The number of carbonyl (C=O) groups excluding carboxylic acids is 2. The van der Waals surface area contributed by atoms with E-state index < -0.39 is 12.1 Å². The molecule has 8 nitrogen and oxygen atoms in total. The number of hydrogen-bond donors (Lipinski definition) is 2. The molecule has 0 spiro atoms. The van der Waals surface area contributed by atoms with E-state index in [0.29, 0.717) is 28.7 Å². The van der Waals surface area contributed by atoms with Crippen LogP contribution in [0.5, 0.6) is 23.0 Å².